The third-order valence-electron chi connectivity index (χ3n) is 4.16. The molecule has 1 aromatic carbocycles. The number of piperidine rings is 1. The molecule has 2 unspecified atom stereocenters. The van der Waals surface area contributed by atoms with Gasteiger partial charge in [0.15, 0.2) is 0 Å². The molecule has 0 aliphatic carbocycles. The number of nitrogens with two attached hydrogens (primary N) is 1. The van der Waals surface area contributed by atoms with Crippen molar-refractivity contribution >= 4 is 22.6 Å². The first-order valence-electron chi connectivity index (χ1n) is 6.87. The molecule has 0 spiro atoms. The Kier molecular flexibility index (Phi) is 5.09. The third-order valence-corrected chi connectivity index (χ3v) is 6.35. The zero-order valence-corrected chi connectivity index (χ0v) is 13.9. The van der Waals surface area contributed by atoms with Crippen molar-refractivity contribution in [3.05, 3.63) is 29.8 Å². The number of methoxy groups -OCH3 is 1. The lowest BCUT2D eigenvalue weighted by Crippen LogP contribution is -2.55. The van der Waals surface area contributed by atoms with Crippen LogP contribution >= 0.6 is 22.6 Å². The van der Waals surface area contributed by atoms with Gasteiger partial charge in [-0.3, -0.25) is 4.90 Å². The smallest absolute Gasteiger partial charge is 0.118 e. The van der Waals surface area contributed by atoms with Crippen LogP contribution in [0.5, 0.6) is 5.75 Å². The van der Waals surface area contributed by atoms with Crippen LogP contribution in [0.3, 0.4) is 0 Å². The molecular weight excluding hydrogens is 351 g/mol. The molecule has 1 fully saturated rings. The number of benzene rings is 1. The van der Waals surface area contributed by atoms with E-state index < -0.39 is 0 Å². The van der Waals surface area contributed by atoms with Crippen molar-refractivity contribution in [1.82, 2.24) is 4.90 Å². The zero-order chi connectivity index (χ0) is 13.9. The lowest BCUT2D eigenvalue weighted by molar-refractivity contribution is 0.0857. The number of likely N-dealkylation sites (tertiary alicyclic amines) is 1. The third kappa shape index (κ3) is 3.23. The maximum Gasteiger partial charge on any atom is 0.118 e. The highest BCUT2D eigenvalue weighted by Crippen LogP contribution is 2.39. The Morgan fingerprint density at radius 3 is 2.68 bits per heavy atom. The minimum atomic E-state index is 0.0932. The van der Waals surface area contributed by atoms with Gasteiger partial charge in [0.1, 0.15) is 5.75 Å². The summed E-state index contributed by atoms with van der Waals surface area (Å²) in [4.78, 5) is 2.53. The van der Waals surface area contributed by atoms with Crippen LogP contribution in [-0.4, -0.2) is 28.6 Å². The van der Waals surface area contributed by atoms with Crippen LogP contribution in [0, 0.1) is 5.92 Å². The van der Waals surface area contributed by atoms with Crippen LogP contribution in [0.2, 0.25) is 0 Å². The molecule has 1 aromatic rings. The first kappa shape index (κ1) is 15.1. The van der Waals surface area contributed by atoms with E-state index in [9.17, 15) is 0 Å². The number of hydrogen-bond donors (Lipinski definition) is 1. The van der Waals surface area contributed by atoms with E-state index in [1.807, 2.05) is 12.1 Å². The first-order chi connectivity index (χ1) is 9.10. The monoisotopic (exact) mass is 374 g/mol. The fraction of sp³-hybridized carbons (Fsp3) is 0.600. The average molecular weight is 374 g/mol. The Labute approximate surface area is 129 Å². The van der Waals surface area contributed by atoms with E-state index in [-0.39, 0.29) is 3.55 Å². The fourth-order valence-electron chi connectivity index (χ4n) is 2.80. The Hall–Kier alpha value is -0.330. The Balaban J connectivity index is 2.11. The van der Waals surface area contributed by atoms with E-state index in [2.05, 4.69) is 46.5 Å². The molecule has 2 rings (SSSR count). The second-order valence-electron chi connectivity index (χ2n) is 5.34. The predicted octanol–water partition coefficient (Wildman–Crippen LogP) is 3.02. The molecule has 0 saturated carbocycles. The van der Waals surface area contributed by atoms with Crippen LogP contribution in [-0.2, 0) is 6.54 Å². The summed E-state index contributed by atoms with van der Waals surface area (Å²) in [5.74, 6) is 1.56. The van der Waals surface area contributed by atoms with Crippen molar-refractivity contribution in [2.24, 2.45) is 11.7 Å². The number of rotatable bonds is 4. The van der Waals surface area contributed by atoms with Crippen molar-refractivity contribution in [3.8, 4) is 5.75 Å². The molecule has 0 amide bonds. The zero-order valence-electron chi connectivity index (χ0n) is 11.7. The molecule has 1 aliphatic rings. The minimum Gasteiger partial charge on any atom is -0.497 e. The summed E-state index contributed by atoms with van der Waals surface area (Å²) in [6, 6.07) is 8.34. The normalized spacial score (nSPS) is 28.3. The van der Waals surface area contributed by atoms with Crippen LogP contribution in [0.25, 0.3) is 0 Å². The van der Waals surface area contributed by atoms with Gasteiger partial charge < -0.3 is 10.5 Å². The van der Waals surface area contributed by atoms with Gasteiger partial charge in [-0.1, -0.05) is 41.6 Å². The molecular formula is C15H23IN2O. The second kappa shape index (κ2) is 6.41. The van der Waals surface area contributed by atoms with Crippen LogP contribution < -0.4 is 10.5 Å². The molecule has 1 heterocycles. The second-order valence-corrected chi connectivity index (χ2v) is 7.20. The Bertz CT molecular complexity index is 409. The lowest BCUT2D eigenvalue weighted by atomic mass is 9.90. The first-order valence-corrected chi connectivity index (χ1v) is 7.95. The largest absolute Gasteiger partial charge is 0.497 e. The van der Waals surface area contributed by atoms with Gasteiger partial charge in [0.25, 0.3) is 0 Å². The van der Waals surface area contributed by atoms with Gasteiger partial charge >= 0.3 is 0 Å². The topological polar surface area (TPSA) is 38.5 Å². The highest BCUT2D eigenvalue weighted by Gasteiger charge is 2.40. The molecule has 0 aromatic heterocycles. The van der Waals surface area contributed by atoms with Gasteiger partial charge in [-0.2, -0.15) is 0 Å². The summed E-state index contributed by atoms with van der Waals surface area (Å²) >= 11 is 2.56. The van der Waals surface area contributed by atoms with Gasteiger partial charge in [-0.05, 0) is 43.0 Å². The number of nitrogens with zero attached hydrogens (tertiary/aromatic N) is 1. The predicted molar refractivity (Wildman–Crippen MR) is 87.6 cm³/mol. The van der Waals surface area contributed by atoms with Crippen molar-refractivity contribution < 1.29 is 4.74 Å². The SMILES string of the molecule is COc1ccc(CN2CCCC(C)C2(I)CN)cc1. The van der Waals surface area contributed by atoms with E-state index in [1.54, 1.807) is 7.11 Å². The molecule has 2 N–H and O–H groups in total. The molecule has 19 heavy (non-hydrogen) atoms. The molecule has 1 saturated heterocycles. The average Bonchev–Trinajstić information content (AvgIpc) is 2.45. The number of alkyl halides is 1. The van der Waals surface area contributed by atoms with Crippen LogP contribution in [0.1, 0.15) is 25.3 Å². The van der Waals surface area contributed by atoms with Crippen molar-refractivity contribution in [1.29, 1.82) is 0 Å². The number of halogens is 1. The highest BCUT2D eigenvalue weighted by atomic mass is 127. The highest BCUT2D eigenvalue weighted by molar-refractivity contribution is 14.1. The summed E-state index contributed by atoms with van der Waals surface area (Å²) in [5.41, 5.74) is 7.37. The minimum absolute atomic E-state index is 0.0932. The molecule has 0 radical (unpaired) electrons. The quantitative estimate of drug-likeness (QED) is 0.500. The van der Waals surface area contributed by atoms with E-state index in [0.29, 0.717) is 12.5 Å². The molecule has 2 atom stereocenters. The van der Waals surface area contributed by atoms with Gasteiger partial charge in [0.05, 0.1) is 10.7 Å². The standard InChI is InChI=1S/C15H23IN2O/c1-12-4-3-9-18(15(12,16)11-17)10-13-5-7-14(19-2)8-6-13/h5-8,12H,3-4,9-11,17H2,1-2H3. The maximum atomic E-state index is 6.05. The summed E-state index contributed by atoms with van der Waals surface area (Å²) < 4.78 is 5.30. The summed E-state index contributed by atoms with van der Waals surface area (Å²) in [7, 11) is 1.70. The maximum absolute atomic E-state index is 6.05. The van der Waals surface area contributed by atoms with Crippen LogP contribution in [0.15, 0.2) is 24.3 Å². The van der Waals surface area contributed by atoms with E-state index >= 15 is 0 Å². The summed E-state index contributed by atoms with van der Waals surface area (Å²) in [6.45, 7) is 5.13. The number of hydrogen-bond acceptors (Lipinski definition) is 3. The fourth-order valence-corrected chi connectivity index (χ4v) is 3.52. The van der Waals surface area contributed by atoms with E-state index in [1.165, 1.54) is 18.4 Å². The van der Waals surface area contributed by atoms with Crippen molar-refractivity contribution in [3.63, 3.8) is 0 Å². The van der Waals surface area contributed by atoms with E-state index in [0.717, 1.165) is 18.8 Å². The van der Waals surface area contributed by atoms with E-state index in [4.69, 9.17) is 10.5 Å². The van der Waals surface area contributed by atoms with Gasteiger partial charge in [0.2, 0.25) is 0 Å². The lowest BCUT2D eigenvalue weighted by Gasteiger charge is -2.47. The number of ether oxygens (including phenoxy) is 1. The molecule has 3 nitrogen and oxygen atoms in total. The molecule has 0 bridgehead atoms. The summed E-state index contributed by atoms with van der Waals surface area (Å²) in [5, 5.41) is 0. The molecule has 4 heteroatoms. The van der Waals surface area contributed by atoms with Gasteiger partial charge in [-0.15, -0.1) is 0 Å². The van der Waals surface area contributed by atoms with Crippen molar-refractivity contribution in [2.75, 3.05) is 20.2 Å². The Morgan fingerprint density at radius 1 is 1.42 bits per heavy atom. The molecule has 106 valence electrons. The van der Waals surface area contributed by atoms with Crippen molar-refractivity contribution in [2.45, 2.75) is 29.9 Å². The van der Waals surface area contributed by atoms with Crippen LogP contribution in [0.4, 0.5) is 0 Å². The van der Waals surface area contributed by atoms with Gasteiger partial charge in [-0.25, -0.2) is 0 Å². The Morgan fingerprint density at radius 2 is 2.11 bits per heavy atom. The van der Waals surface area contributed by atoms with Gasteiger partial charge in [0, 0.05) is 13.1 Å². The summed E-state index contributed by atoms with van der Waals surface area (Å²) in [6.07, 6.45) is 2.54. The molecule has 1 aliphatic heterocycles.